The van der Waals surface area contributed by atoms with Crippen LogP contribution in [0.2, 0.25) is 0 Å². The van der Waals surface area contributed by atoms with Crippen molar-refractivity contribution in [2.24, 2.45) is 0 Å². The topological polar surface area (TPSA) is 244 Å². The summed E-state index contributed by atoms with van der Waals surface area (Å²) in [7, 11) is -17.1. The number of alkyl halides is 3. The summed E-state index contributed by atoms with van der Waals surface area (Å²) >= 11 is 0. The zero-order chi connectivity index (χ0) is 25.2. The van der Waals surface area contributed by atoms with Gasteiger partial charge in [0, 0.05) is 19.4 Å². The van der Waals surface area contributed by atoms with Gasteiger partial charge in [0.25, 0.3) is 5.56 Å². The van der Waals surface area contributed by atoms with E-state index in [1.165, 1.54) is 4.98 Å². The molecule has 186 valence electrons. The Labute approximate surface area is 174 Å². The SMILES string of the molecule is CO[C@](CF)(COP(=O)(O)OP(=O)(O)OP(=O)(O)O)[C@@H](O)C(F)(F)n1ccc(=O)[nH]c1=O. The molecule has 0 aromatic carbocycles. The zero-order valence-corrected chi connectivity index (χ0v) is 18.2. The Bertz CT molecular complexity index is 1060. The van der Waals surface area contributed by atoms with Crippen molar-refractivity contribution >= 4 is 23.5 Å². The average molecular weight is 538 g/mol. The van der Waals surface area contributed by atoms with Crippen LogP contribution in [-0.2, 0) is 37.6 Å². The normalized spacial score (nSPS) is 19.5. The van der Waals surface area contributed by atoms with Crippen LogP contribution in [0.1, 0.15) is 0 Å². The van der Waals surface area contributed by atoms with Gasteiger partial charge in [-0.1, -0.05) is 0 Å². The number of aromatic amines is 1. The second-order valence-electron chi connectivity index (χ2n) is 5.74. The average Bonchev–Trinajstić information content (AvgIpc) is 2.59. The minimum absolute atomic E-state index is 0.241. The first-order valence-corrected chi connectivity index (χ1v) is 12.1. The van der Waals surface area contributed by atoms with Gasteiger partial charge in [0.05, 0.1) is 6.61 Å². The molecular formula is C10H16F3N2O14P3. The van der Waals surface area contributed by atoms with E-state index in [0.717, 1.165) is 0 Å². The minimum atomic E-state index is -5.98. The van der Waals surface area contributed by atoms with Gasteiger partial charge < -0.3 is 29.4 Å². The summed E-state index contributed by atoms with van der Waals surface area (Å²) in [4.78, 5) is 59.3. The highest BCUT2D eigenvalue weighted by atomic mass is 31.3. The number of hydrogen-bond acceptors (Lipinski definition) is 10. The molecule has 0 aliphatic carbocycles. The van der Waals surface area contributed by atoms with Gasteiger partial charge in [-0.25, -0.2) is 27.4 Å². The lowest BCUT2D eigenvalue weighted by atomic mass is 9.97. The van der Waals surface area contributed by atoms with E-state index in [4.69, 9.17) is 14.7 Å². The molecule has 32 heavy (non-hydrogen) atoms. The summed E-state index contributed by atoms with van der Waals surface area (Å²) in [6.45, 7) is -3.88. The van der Waals surface area contributed by atoms with Crippen LogP contribution in [0.5, 0.6) is 0 Å². The predicted molar refractivity (Wildman–Crippen MR) is 93.1 cm³/mol. The van der Waals surface area contributed by atoms with Crippen LogP contribution in [0, 0.1) is 0 Å². The van der Waals surface area contributed by atoms with Gasteiger partial charge in [0.2, 0.25) is 0 Å². The molecule has 1 aromatic heterocycles. The molecule has 1 rings (SSSR count). The Morgan fingerprint density at radius 3 is 2.12 bits per heavy atom. The predicted octanol–water partition coefficient (Wildman–Crippen LogP) is -0.855. The number of halogens is 3. The first-order chi connectivity index (χ1) is 14.3. The van der Waals surface area contributed by atoms with E-state index in [1.807, 2.05) is 0 Å². The lowest BCUT2D eigenvalue weighted by Crippen LogP contribution is -2.60. The van der Waals surface area contributed by atoms with Crippen LogP contribution in [0.15, 0.2) is 21.9 Å². The number of nitrogens with one attached hydrogen (secondary N) is 1. The van der Waals surface area contributed by atoms with Crippen LogP contribution in [0.25, 0.3) is 0 Å². The maximum absolute atomic E-state index is 14.6. The number of nitrogens with zero attached hydrogens (tertiary/aromatic N) is 1. The van der Waals surface area contributed by atoms with Gasteiger partial charge in [-0.3, -0.25) is 14.3 Å². The van der Waals surface area contributed by atoms with Gasteiger partial charge >= 0.3 is 35.2 Å². The number of aliphatic hydroxyl groups is 1. The van der Waals surface area contributed by atoms with Crippen LogP contribution in [0.3, 0.4) is 0 Å². The molecule has 0 amide bonds. The Morgan fingerprint density at radius 1 is 1.12 bits per heavy atom. The molecule has 0 aliphatic rings. The highest BCUT2D eigenvalue weighted by molar-refractivity contribution is 7.66. The van der Waals surface area contributed by atoms with Gasteiger partial charge in [-0.05, 0) is 0 Å². The largest absolute Gasteiger partial charge is 0.490 e. The number of rotatable bonds is 12. The van der Waals surface area contributed by atoms with Gasteiger partial charge in [-0.15, -0.1) is 0 Å². The van der Waals surface area contributed by atoms with Crippen LogP contribution in [0.4, 0.5) is 13.2 Å². The molecule has 0 bridgehead atoms. The fraction of sp³-hybridized carbons (Fsp3) is 0.600. The number of phosphoric ester groups is 1. The Morgan fingerprint density at radius 2 is 1.69 bits per heavy atom. The molecule has 0 saturated carbocycles. The number of H-pyrrole nitrogens is 1. The molecule has 4 atom stereocenters. The molecule has 0 saturated heterocycles. The molecule has 1 aromatic rings. The van der Waals surface area contributed by atoms with Crippen molar-refractivity contribution in [3.63, 3.8) is 0 Å². The standard InChI is InChI=1S/C10H16F3N2O14P3/c1-26-9(4-11,5-27-31(22,23)29-32(24,25)28-30(19,20)21)7(17)10(12,13)15-3-2-6(16)14-8(15)18/h2-3,7,17H,4-5H2,1H3,(H,22,23)(H,24,25)(H,14,16,18)(H2,19,20,21)/t7-,9-/m1/s1. The van der Waals surface area contributed by atoms with E-state index in [-0.39, 0.29) is 6.20 Å². The number of aromatic nitrogens is 2. The monoisotopic (exact) mass is 538 g/mol. The van der Waals surface area contributed by atoms with Crippen molar-refractivity contribution in [1.82, 2.24) is 9.55 Å². The number of methoxy groups -OCH3 is 1. The number of hydrogen-bond donors (Lipinski definition) is 6. The number of phosphoric acid groups is 3. The van der Waals surface area contributed by atoms with E-state index < -0.39 is 70.3 Å². The van der Waals surface area contributed by atoms with Crippen molar-refractivity contribution < 1.29 is 69.4 Å². The number of ether oxygens (including phenoxy) is 1. The molecule has 22 heteroatoms. The maximum atomic E-state index is 14.6. The molecule has 0 fully saturated rings. The summed E-state index contributed by atoms with van der Waals surface area (Å²) in [6.07, 6.45) is -3.12. The fourth-order valence-electron chi connectivity index (χ4n) is 2.01. The Kier molecular flexibility index (Phi) is 8.98. The summed E-state index contributed by atoms with van der Waals surface area (Å²) in [5, 5.41) is 10.0. The van der Waals surface area contributed by atoms with Gasteiger partial charge in [-0.2, -0.15) is 17.4 Å². The third-order valence-electron chi connectivity index (χ3n) is 3.49. The zero-order valence-electron chi connectivity index (χ0n) is 15.5. The van der Waals surface area contributed by atoms with E-state index in [0.29, 0.717) is 13.2 Å². The fourth-order valence-corrected chi connectivity index (χ4v) is 5.09. The quantitative estimate of drug-likeness (QED) is 0.178. The van der Waals surface area contributed by atoms with Gasteiger partial charge in [0.1, 0.15) is 6.67 Å². The lowest BCUT2D eigenvalue weighted by molar-refractivity contribution is -0.255. The van der Waals surface area contributed by atoms with Crippen molar-refractivity contribution in [3.05, 3.63) is 33.1 Å². The van der Waals surface area contributed by atoms with Crippen LogP contribution < -0.4 is 11.2 Å². The third-order valence-corrected chi connectivity index (χ3v) is 7.28. The molecule has 0 aliphatic heterocycles. The second kappa shape index (κ2) is 9.97. The maximum Gasteiger partial charge on any atom is 0.490 e. The van der Waals surface area contributed by atoms with Crippen LogP contribution in [-0.4, -0.2) is 66.3 Å². The first-order valence-electron chi connectivity index (χ1n) is 7.59. The molecular weight excluding hydrogens is 522 g/mol. The van der Waals surface area contributed by atoms with Gasteiger partial charge in [0.15, 0.2) is 11.7 Å². The summed E-state index contributed by atoms with van der Waals surface area (Å²) in [5.41, 5.74) is -6.06. The number of aliphatic hydroxyl groups excluding tert-OH is 1. The van der Waals surface area contributed by atoms with E-state index in [9.17, 15) is 46.5 Å². The summed E-state index contributed by atoms with van der Waals surface area (Å²) in [6, 6.07) is -4.28. The third kappa shape index (κ3) is 7.41. The van der Waals surface area contributed by atoms with E-state index >= 15 is 0 Å². The molecule has 1 heterocycles. The van der Waals surface area contributed by atoms with Crippen LogP contribution >= 0.6 is 23.5 Å². The summed E-state index contributed by atoms with van der Waals surface area (Å²) < 4.78 is 91.2. The van der Waals surface area contributed by atoms with E-state index in [2.05, 4.69) is 17.9 Å². The molecule has 16 nitrogen and oxygen atoms in total. The highest BCUT2D eigenvalue weighted by Gasteiger charge is 2.56. The van der Waals surface area contributed by atoms with Crippen molar-refractivity contribution in [2.45, 2.75) is 17.8 Å². The van der Waals surface area contributed by atoms with Crippen molar-refractivity contribution in [2.75, 3.05) is 20.4 Å². The summed E-state index contributed by atoms with van der Waals surface area (Å²) in [5.74, 6) is 0. The highest BCUT2D eigenvalue weighted by Crippen LogP contribution is 2.66. The smallest absolute Gasteiger partial charge is 0.382 e. The Hall–Kier alpha value is -1.20. The van der Waals surface area contributed by atoms with Crippen molar-refractivity contribution in [1.29, 1.82) is 0 Å². The first kappa shape index (κ1) is 28.8. The van der Waals surface area contributed by atoms with E-state index in [1.54, 1.807) is 0 Å². The molecule has 2 unspecified atom stereocenters. The molecule has 0 spiro atoms. The van der Waals surface area contributed by atoms with Crippen molar-refractivity contribution in [3.8, 4) is 0 Å². The lowest BCUT2D eigenvalue weighted by Gasteiger charge is -2.38. The second-order valence-corrected chi connectivity index (χ2v) is 10.2. The Balaban J connectivity index is 3.19. The minimum Gasteiger partial charge on any atom is -0.382 e. The molecule has 0 radical (unpaired) electrons. The molecule has 6 N–H and O–H groups in total.